The monoisotopic (exact) mass is 298 g/mol. The van der Waals surface area contributed by atoms with Gasteiger partial charge < -0.3 is 15.0 Å². The van der Waals surface area contributed by atoms with E-state index < -0.39 is 0 Å². The third kappa shape index (κ3) is 4.52. The minimum atomic E-state index is -0.0683. The van der Waals surface area contributed by atoms with Gasteiger partial charge in [0.15, 0.2) is 0 Å². The lowest BCUT2D eigenvalue weighted by Crippen LogP contribution is -2.28. The molecule has 0 saturated carbocycles. The van der Waals surface area contributed by atoms with Crippen LogP contribution in [-0.2, 0) is 0 Å². The normalized spacial score (nSPS) is 10.1. The fraction of sp³-hybridized carbons (Fsp3) is 0.278. The Bertz CT molecular complexity index is 599. The first-order valence-electron chi connectivity index (χ1n) is 7.39. The summed E-state index contributed by atoms with van der Waals surface area (Å²) in [5.41, 5.74) is 1.80. The maximum atomic E-state index is 12.0. The molecule has 0 spiro atoms. The Morgan fingerprint density at radius 2 is 1.91 bits per heavy atom. The van der Waals surface area contributed by atoms with E-state index in [1.807, 2.05) is 30.3 Å². The molecule has 116 valence electrons. The Morgan fingerprint density at radius 3 is 2.64 bits per heavy atom. The van der Waals surface area contributed by atoms with Gasteiger partial charge in [0.25, 0.3) is 5.91 Å². The van der Waals surface area contributed by atoms with Crippen molar-refractivity contribution in [2.75, 3.05) is 32.1 Å². The minimum absolute atomic E-state index is 0.0683. The maximum absolute atomic E-state index is 12.0. The topological polar surface area (TPSA) is 41.6 Å². The number of ether oxygens (including phenoxy) is 1. The van der Waals surface area contributed by atoms with Gasteiger partial charge in [-0.2, -0.15) is 0 Å². The highest BCUT2D eigenvalue weighted by Crippen LogP contribution is 2.13. The lowest BCUT2D eigenvalue weighted by atomic mass is 10.2. The van der Waals surface area contributed by atoms with Crippen LogP contribution in [0, 0.1) is 0 Å². The molecule has 0 unspecified atom stereocenters. The quantitative estimate of drug-likeness (QED) is 0.799. The number of para-hydroxylation sites is 1. The Labute approximate surface area is 131 Å². The van der Waals surface area contributed by atoms with E-state index in [9.17, 15) is 4.79 Å². The Morgan fingerprint density at radius 1 is 1.14 bits per heavy atom. The predicted molar refractivity (Wildman–Crippen MR) is 89.7 cm³/mol. The second-order valence-corrected chi connectivity index (χ2v) is 5.10. The molecule has 0 saturated heterocycles. The van der Waals surface area contributed by atoms with Crippen LogP contribution in [0.4, 0.5) is 5.69 Å². The number of rotatable bonds is 7. The van der Waals surface area contributed by atoms with Crippen molar-refractivity contribution >= 4 is 11.6 Å². The number of hydrogen-bond acceptors (Lipinski definition) is 3. The van der Waals surface area contributed by atoms with Gasteiger partial charge in [-0.05, 0) is 36.8 Å². The number of amides is 1. The van der Waals surface area contributed by atoms with E-state index >= 15 is 0 Å². The fourth-order valence-electron chi connectivity index (χ4n) is 2.20. The molecule has 4 heteroatoms. The molecule has 2 rings (SSSR count). The van der Waals surface area contributed by atoms with Gasteiger partial charge in [-0.3, -0.25) is 4.79 Å². The standard InChI is InChI=1S/C18H22N2O2/c1-20(16-9-4-3-5-10-16)13-7-12-19-18(21)15-8-6-11-17(14-15)22-2/h3-6,8-11,14H,7,12-13H2,1-2H3,(H,19,21). The van der Waals surface area contributed by atoms with E-state index in [1.165, 1.54) is 5.69 Å². The van der Waals surface area contributed by atoms with Gasteiger partial charge in [0.05, 0.1) is 7.11 Å². The summed E-state index contributed by atoms with van der Waals surface area (Å²) in [4.78, 5) is 14.2. The van der Waals surface area contributed by atoms with E-state index in [-0.39, 0.29) is 5.91 Å². The molecule has 0 heterocycles. The van der Waals surface area contributed by atoms with Crippen molar-refractivity contribution in [1.82, 2.24) is 5.32 Å². The van der Waals surface area contributed by atoms with Crippen LogP contribution in [0.1, 0.15) is 16.8 Å². The molecular weight excluding hydrogens is 276 g/mol. The number of benzene rings is 2. The SMILES string of the molecule is COc1cccc(C(=O)NCCCN(C)c2ccccc2)c1. The van der Waals surface area contributed by atoms with Crippen LogP contribution in [0.5, 0.6) is 5.75 Å². The smallest absolute Gasteiger partial charge is 0.251 e. The lowest BCUT2D eigenvalue weighted by molar-refractivity contribution is 0.0953. The first-order chi connectivity index (χ1) is 10.7. The average Bonchev–Trinajstić information content (AvgIpc) is 2.59. The molecule has 2 aromatic rings. The summed E-state index contributed by atoms with van der Waals surface area (Å²) in [5, 5.41) is 2.94. The first kappa shape index (κ1) is 15.9. The molecule has 0 atom stereocenters. The van der Waals surface area contributed by atoms with Crippen LogP contribution < -0.4 is 15.0 Å². The summed E-state index contributed by atoms with van der Waals surface area (Å²) >= 11 is 0. The molecule has 0 bridgehead atoms. The summed E-state index contributed by atoms with van der Waals surface area (Å²) in [6, 6.07) is 17.4. The van der Waals surface area contributed by atoms with Crippen molar-refractivity contribution in [3.63, 3.8) is 0 Å². The molecule has 22 heavy (non-hydrogen) atoms. The molecule has 1 amide bonds. The number of nitrogens with zero attached hydrogens (tertiary/aromatic N) is 1. The summed E-state index contributed by atoms with van der Waals surface area (Å²) in [6.45, 7) is 1.54. The second kappa shape index (κ2) is 8.08. The zero-order valence-electron chi connectivity index (χ0n) is 13.1. The van der Waals surface area contributed by atoms with Crippen molar-refractivity contribution in [3.05, 3.63) is 60.2 Å². The summed E-state index contributed by atoms with van der Waals surface area (Å²) < 4.78 is 5.12. The van der Waals surface area contributed by atoms with E-state index in [1.54, 1.807) is 19.2 Å². The lowest BCUT2D eigenvalue weighted by Gasteiger charge is -2.19. The summed E-state index contributed by atoms with van der Waals surface area (Å²) in [6.07, 6.45) is 0.890. The van der Waals surface area contributed by atoms with Crippen molar-refractivity contribution in [2.24, 2.45) is 0 Å². The van der Waals surface area contributed by atoms with Crippen molar-refractivity contribution in [1.29, 1.82) is 0 Å². The molecule has 1 N–H and O–H groups in total. The highest BCUT2D eigenvalue weighted by atomic mass is 16.5. The molecule has 0 fully saturated rings. The predicted octanol–water partition coefficient (Wildman–Crippen LogP) is 2.95. The number of carbonyl (C=O) groups excluding carboxylic acids is 1. The summed E-state index contributed by atoms with van der Waals surface area (Å²) in [7, 11) is 3.65. The van der Waals surface area contributed by atoms with Gasteiger partial charge in [-0.1, -0.05) is 24.3 Å². The van der Waals surface area contributed by atoms with Gasteiger partial charge in [-0.25, -0.2) is 0 Å². The Kier molecular flexibility index (Phi) is 5.83. The van der Waals surface area contributed by atoms with Gasteiger partial charge in [0.1, 0.15) is 5.75 Å². The largest absolute Gasteiger partial charge is 0.497 e. The minimum Gasteiger partial charge on any atom is -0.497 e. The van der Waals surface area contributed by atoms with Gasteiger partial charge >= 0.3 is 0 Å². The van der Waals surface area contributed by atoms with Crippen LogP contribution in [-0.4, -0.2) is 33.2 Å². The van der Waals surface area contributed by atoms with E-state index in [2.05, 4.69) is 29.4 Å². The van der Waals surface area contributed by atoms with Gasteiger partial charge in [0, 0.05) is 31.4 Å². The van der Waals surface area contributed by atoms with Crippen molar-refractivity contribution in [2.45, 2.75) is 6.42 Å². The van der Waals surface area contributed by atoms with Gasteiger partial charge in [0.2, 0.25) is 0 Å². The molecule has 0 aromatic heterocycles. The number of nitrogens with one attached hydrogen (secondary N) is 1. The number of anilines is 1. The highest BCUT2D eigenvalue weighted by Gasteiger charge is 2.06. The molecule has 4 nitrogen and oxygen atoms in total. The fourth-order valence-corrected chi connectivity index (χ4v) is 2.20. The number of methoxy groups -OCH3 is 1. The Balaban J connectivity index is 1.75. The highest BCUT2D eigenvalue weighted by molar-refractivity contribution is 5.94. The van der Waals surface area contributed by atoms with Gasteiger partial charge in [-0.15, -0.1) is 0 Å². The molecule has 2 aromatic carbocycles. The van der Waals surface area contributed by atoms with E-state index in [0.717, 1.165) is 13.0 Å². The molecular formula is C18H22N2O2. The summed E-state index contributed by atoms with van der Waals surface area (Å²) in [5.74, 6) is 0.623. The van der Waals surface area contributed by atoms with Crippen LogP contribution in [0.15, 0.2) is 54.6 Å². The second-order valence-electron chi connectivity index (χ2n) is 5.10. The third-order valence-electron chi connectivity index (χ3n) is 3.48. The molecule has 0 aliphatic rings. The number of hydrogen-bond donors (Lipinski definition) is 1. The Hall–Kier alpha value is -2.49. The molecule has 0 aliphatic carbocycles. The first-order valence-corrected chi connectivity index (χ1v) is 7.39. The number of carbonyl (C=O) groups is 1. The van der Waals surface area contributed by atoms with Crippen molar-refractivity contribution in [3.8, 4) is 5.75 Å². The molecule has 0 aliphatic heterocycles. The zero-order valence-corrected chi connectivity index (χ0v) is 13.1. The maximum Gasteiger partial charge on any atom is 0.251 e. The third-order valence-corrected chi connectivity index (χ3v) is 3.48. The van der Waals surface area contributed by atoms with E-state index in [0.29, 0.717) is 17.9 Å². The molecule has 0 radical (unpaired) electrons. The van der Waals surface area contributed by atoms with Crippen LogP contribution >= 0.6 is 0 Å². The zero-order chi connectivity index (χ0) is 15.8. The van der Waals surface area contributed by atoms with Crippen LogP contribution in [0.25, 0.3) is 0 Å². The van der Waals surface area contributed by atoms with Crippen LogP contribution in [0.2, 0.25) is 0 Å². The van der Waals surface area contributed by atoms with E-state index in [4.69, 9.17) is 4.74 Å². The van der Waals surface area contributed by atoms with Crippen LogP contribution in [0.3, 0.4) is 0 Å². The van der Waals surface area contributed by atoms with Crippen molar-refractivity contribution < 1.29 is 9.53 Å². The average molecular weight is 298 g/mol.